The van der Waals surface area contributed by atoms with E-state index in [0.717, 1.165) is 93.3 Å². The third kappa shape index (κ3) is 12.7. The Balaban J connectivity index is 1.02. The molecule has 1 saturated heterocycles. The molecule has 0 spiro atoms. The van der Waals surface area contributed by atoms with Crippen molar-refractivity contribution in [1.29, 1.82) is 0 Å². The van der Waals surface area contributed by atoms with Crippen molar-refractivity contribution in [2.45, 2.75) is 239 Å². The highest BCUT2D eigenvalue weighted by atomic mass is 16.7. The summed E-state index contributed by atoms with van der Waals surface area (Å²) in [4.78, 5) is 12.6. The van der Waals surface area contributed by atoms with Gasteiger partial charge in [0.05, 0.1) is 6.10 Å². The van der Waals surface area contributed by atoms with Crippen LogP contribution in [0.4, 0.5) is 0 Å². The Bertz CT molecular complexity index is 1310. The van der Waals surface area contributed by atoms with Crippen LogP contribution < -0.4 is 0 Å². The van der Waals surface area contributed by atoms with Gasteiger partial charge >= 0.3 is 5.97 Å². The lowest BCUT2D eigenvalue weighted by atomic mass is 9.47. The van der Waals surface area contributed by atoms with Gasteiger partial charge in [0, 0.05) is 6.42 Å². The molecule has 3 N–H and O–H groups in total. The Hall–Kier alpha value is -1.25. The molecule has 1 heterocycles. The third-order valence-corrected chi connectivity index (χ3v) is 17.1. The number of rotatable bonds is 24. The molecule has 1 aliphatic heterocycles. The van der Waals surface area contributed by atoms with Crippen molar-refractivity contribution in [3.05, 3.63) is 23.8 Å². The molecular weight excluding hydrogens is 737 g/mol. The minimum Gasteiger partial charge on any atom is -0.463 e. The van der Waals surface area contributed by atoms with Gasteiger partial charge in [-0.25, -0.2) is 0 Å². The molecular formula is C52H90O7. The van der Waals surface area contributed by atoms with Gasteiger partial charge in [-0.2, -0.15) is 0 Å². The van der Waals surface area contributed by atoms with Gasteiger partial charge in [-0.1, -0.05) is 136 Å². The van der Waals surface area contributed by atoms with Crippen molar-refractivity contribution < 1.29 is 34.3 Å². The summed E-state index contributed by atoms with van der Waals surface area (Å²) in [6.45, 7) is 17.0. The minimum absolute atomic E-state index is 0.143. The number of carbonyl (C=O) groups excluding carboxylic acids is 1. The Morgan fingerprint density at radius 1 is 0.814 bits per heavy atom. The minimum atomic E-state index is -1.44. The van der Waals surface area contributed by atoms with E-state index in [2.05, 4.69) is 66.7 Å². The highest BCUT2D eigenvalue weighted by Crippen LogP contribution is 2.67. The topological polar surface area (TPSA) is 105 Å². The Labute approximate surface area is 361 Å². The lowest BCUT2D eigenvalue weighted by Gasteiger charge is -2.58. The summed E-state index contributed by atoms with van der Waals surface area (Å²) in [7, 11) is 0. The number of hydrogen-bond donors (Lipinski definition) is 3. The standard InChI is InChI=1S/C52H90O7/c1-8-9-10-11-12-13-14-15-16-17-18-19-20-21-22-23-46(53)57-35-45-47(54)48(55)49(56)50(59-45)58-40-30-32-51(6)39(34-40)26-27-41-43-29-28-42(52(43,7)33-31-44(41)51)38(5)25-24-37(4)36(2)3/h15-16,26,36-38,40-45,47-50,54-56H,8-14,17-25,27-35H2,1-7H3. The van der Waals surface area contributed by atoms with Crippen LogP contribution in [0.3, 0.4) is 0 Å². The summed E-state index contributed by atoms with van der Waals surface area (Å²) in [5.41, 5.74) is 2.12. The number of fused-ring (bicyclic) bond motifs is 5. The highest BCUT2D eigenvalue weighted by molar-refractivity contribution is 5.69. The lowest BCUT2D eigenvalue weighted by molar-refractivity contribution is -0.313. The van der Waals surface area contributed by atoms with E-state index in [1.165, 1.54) is 95.5 Å². The van der Waals surface area contributed by atoms with Crippen molar-refractivity contribution in [3.63, 3.8) is 0 Å². The molecule has 0 aromatic rings. The first-order valence-electron chi connectivity index (χ1n) is 25.1. The van der Waals surface area contributed by atoms with Crippen LogP contribution in [0.25, 0.3) is 0 Å². The van der Waals surface area contributed by atoms with Crippen LogP contribution in [0.15, 0.2) is 23.8 Å². The second-order valence-corrected chi connectivity index (χ2v) is 21.3. The van der Waals surface area contributed by atoms with Gasteiger partial charge in [0.2, 0.25) is 0 Å². The summed E-state index contributed by atoms with van der Waals surface area (Å²) in [5.74, 6) is 5.15. The molecule has 4 fully saturated rings. The monoisotopic (exact) mass is 827 g/mol. The van der Waals surface area contributed by atoms with Crippen LogP contribution in [-0.4, -0.2) is 64.7 Å². The van der Waals surface area contributed by atoms with E-state index in [0.29, 0.717) is 17.8 Å². The SMILES string of the molecule is CCCCCCCCC=CCCCCCCCC(=O)OCC1OC(OC2CCC3(C)C(=CCC4C3CCC3(C)C(C(C)CCC(C)C(C)C)CCC43)C2)C(O)C(O)C1O. The van der Waals surface area contributed by atoms with Crippen LogP contribution >= 0.6 is 0 Å². The van der Waals surface area contributed by atoms with E-state index < -0.39 is 30.7 Å². The van der Waals surface area contributed by atoms with Crippen molar-refractivity contribution in [2.75, 3.05) is 6.61 Å². The second kappa shape index (κ2) is 23.4. The molecule has 14 atom stereocenters. The predicted molar refractivity (Wildman–Crippen MR) is 240 cm³/mol. The van der Waals surface area contributed by atoms with Crippen molar-refractivity contribution in [1.82, 2.24) is 0 Å². The van der Waals surface area contributed by atoms with E-state index in [4.69, 9.17) is 14.2 Å². The molecule has 59 heavy (non-hydrogen) atoms. The van der Waals surface area contributed by atoms with Crippen LogP contribution in [0.2, 0.25) is 0 Å². The number of carbonyl (C=O) groups is 1. The normalized spacial score (nSPS) is 36.8. The molecule has 14 unspecified atom stereocenters. The number of esters is 1. The first-order valence-corrected chi connectivity index (χ1v) is 25.1. The third-order valence-electron chi connectivity index (χ3n) is 17.1. The second-order valence-electron chi connectivity index (χ2n) is 21.3. The van der Waals surface area contributed by atoms with E-state index in [1.807, 2.05) is 0 Å². The fraction of sp³-hybridized carbons (Fsp3) is 0.904. The smallest absolute Gasteiger partial charge is 0.305 e. The summed E-state index contributed by atoms with van der Waals surface area (Å²) in [6.07, 6.45) is 28.8. The molecule has 340 valence electrons. The first-order chi connectivity index (χ1) is 28.3. The van der Waals surface area contributed by atoms with Gasteiger partial charge in [0.1, 0.15) is 31.0 Å². The van der Waals surface area contributed by atoms with E-state index in [1.54, 1.807) is 0 Å². The maximum atomic E-state index is 12.6. The maximum absolute atomic E-state index is 12.6. The maximum Gasteiger partial charge on any atom is 0.305 e. The molecule has 5 rings (SSSR count). The number of aliphatic hydroxyl groups is 3. The highest BCUT2D eigenvalue weighted by Gasteiger charge is 2.59. The number of hydrogen-bond acceptors (Lipinski definition) is 7. The van der Waals surface area contributed by atoms with E-state index in [-0.39, 0.29) is 24.1 Å². The van der Waals surface area contributed by atoms with Crippen molar-refractivity contribution in [2.24, 2.45) is 52.3 Å². The largest absolute Gasteiger partial charge is 0.463 e. The quantitative estimate of drug-likeness (QED) is 0.0505. The summed E-state index contributed by atoms with van der Waals surface area (Å²) in [6, 6.07) is 0. The van der Waals surface area contributed by atoms with E-state index in [9.17, 15) is 20.1 Å². The van der Waals surface area contributed by atoms with Crippen LogP contribution in [0, 0.1) is 52.3 Å². The van der Waals surface area contributed by atoms with Crippen LogP contribution in [0.5, 0.6) is 0 Å². The number of unbranched alkanes of at least 4 members (excludes halogenated alkanes) is 11. The summed E-state index contributed by atoms with van der Waals surface area (Å²) < 4.78 is 18.0. The molecule has 4 aliphatic carbocycles. The van der Waals surface area contributed by atoms with Crippen molar-refractivity contribution in [3.8, 4) is 0 Å². The average Bonchev–Trinajstić information content (AvgIpc) is 3.58. The molecule has 3 saturated carbocycles. The molecule has 0 bridgehead atoms. The molecule has 0 aromatic heterocycles. The number of ether oxygens (including phenoxy) is 3. The lowest BCUT2D eigenvalue weighted by Crippen LogP contribution is -2.60. The Morgan fingerprint density at radius 3 is 2.19 bits per heavy atom. The van der Waals surface area contributed by atoms with Gasteiger partial charge in [-0.15, -0.1) is 0 Å². The fourth-order valence-electron chi connectivity index (χ4n) is 12.7. The van der Waals surface area contributed by atoms with Gasteiger partial charge in [0.25, 0.3) is 0 Å². The summed E-state index contributed by atoms with van der Waals surface area (Å²) >= 11 is 0. The molecule has 0 amide bonds. The molecule has 0 radical (unpaired) electrons. The number of aliphatic hydroxyl groups excluding tert-OH is 3. The first kappa shape index (κ1) is 48.8. The number of allylic oxidation sites excluding steroid dienone is 3. The average molecular weight is 827 g/mol. The molecule has 5 aliphatic rings. The Kier molecular flexibility index (Phi) is 19.4. The van der Waals surface area contributed by atoms with Gasteiger partial charge < -0.3 is 29.5 Å². The van der Waals surface area contributed by atoms with Gasteiger partial charge in [0.15, 0.2) is 6.29 Å². The fourth-order valence-corrected chi connectivity index (χ4v) is 12.7. The zero-order valence-corrected chi connectivity index (χ0v) is 38.9. The van der Waals surface area contributed by atoms with Gasteiger partial charge in [-0.05, 0) is 136 Å². The molecule has 7 nitrogen and oxygen atoms in total. The van der Waals surface area contributed by atoms with Gasteiger partial charge in [-0.3, -0.25) is 4.79 Å². The van der Waals surface area contributed by atoms with E-state index >= 15 is 0 Å². The van der Waals surface area contributed by atoms with Crippen LogP contribution in [0.1, 0.15) is 203 Å². The zero-order chi connectivity index (χ0) is 42.6. The zero-order valence-electron chi connectivity index (χ0n) is 38.9. The summed E-state index contributed by atoms with van der Waals surface area (Å²) in [5, 5.41) is 32.5. The Morgan fingerprint density at radius 2 is 1.49 bits per heavy atom. The van der Waals surface area contributed by atoms with Crippen LogP contribution in [-0.2, 0) is 19.0 Å². The molecule has 7 heteroatoms. The predicted octanol–water partition coefficient (Wildman–Crippen LogP) is 12.0. The molecule has 0 aromatic carbocycles. The van der Waals surface area contributed by atoms with Crippen molar-refractivity contribution >= 4 is 5.97 Å².